The van der Waals surface area contributed by atoms with E-state index in [0.717, 1.165) is 5.56 Å². The van der Waals surface area contributed by atoms with Crippen LogP contribution in [0, 0.1) is 0 Å². The molecule has 0 amide bonds. The summed E-state index contributed by atoms with van der Waals surface area (Å²) in [7, 11) is 1.44. The molecule has 0 saturated heterocycles. The van der Waals surface area contributed by atoms with E-state index in [4.69, 9.17) is 19.9 Å². The van der Waals surface area contributed by atoms with Gasteiger partial charge in [-0.3, -0.25) is 0 Å². The first-order valence-corrected chi connectivity index (χ1v) is 11.4. The van der Waals surface area contributed by atoms with Crippen molar-refractivity contribution in [2.75, 3.05) is 12.8 Å². The number of nitrogen functional groups attached to an aromatic ring is 1. The first-order valence-electron chi connectivity index (χ1n) is 10.6. The highest BCUT2D eigenvalue weighted by Gasteiger charge is 2.30. The minimum absolute atomic E-state index is 0.0333. The molecule has 0 unspecified atom stereocenters. The van der Waals surface area contributed by atoms with Gasteiger partial charge in [0, 0.05) is 5.56 Å². The van der Waals surface area contributed by atoms with Crippen LogP contribution in [0.4, 0.5) is 5.82 Å². The monoisotopic (exact) mass is 521 g/mol. The van der Waals surface area contributed by atoms with E-state index in [1.54, 1.807) is 47.6 Å². The van der Waals surface area contributed by atoms with Crippen LogP contribution in [-0.2, 0) is 9.47 Å². The molecule has 0 bridgehead atoms. The lowest BCUT2D eigenvalue weighted by Crippen LogP contribution is -2.26. The summed E-state index contributed by atoms with van der Waals surface area (Å²) in [5.74, 6) is -0.939. The van der Waals surface area contributed by atoms with Crippen LogP contribution in [0.1, 0.15) is 87.7 Å². The fourth-order valence-corrected chi connectivity index (χ4v) is 3.22. The molecule has 0 aliphatic heterocycles. The van der Waals surface area contributed by atoms with Gasteiger partial charge in [-0.05, 0) is 81.1 Å². The van der Waals surface area contributed by atoms with E-state index in [9.17, 15) is 9.59 Å². The van der Waals surface area contributed by atoms with Crippen LogP contribution in [0.15, 0.2) is 16.7 Å². The number of hydrogen-bond acceptors (Lipinski definition) is 8. The highest BCUT2D eigenvalue weighted by Crippen LogP contribution is 2.39. The van der Waals surface area contributed by atoms with Crippen molar-refractivity contribution in [2.24, 2.45) is 0 Å². The first-order chi connectivity index (χ1) is 15.0. The Morgan fingerprint density at radius 3 is 2.00 bits per heavy atom. The molecular weight excluding hydrogens is 490 g/mol. The molecule has 33 heavy (non-hydrogen) atoms. The second kappa shape index (κ2) is 9.67. The lowest BCUT2D eigenvalue weighted by molar-refractivity contribution is 0.00533. The number of nitrogens with zero attached hydrogens (tertiary/aromatic N) is 2. The van der Waals surface area contributed by atoms with Crippen molar-refractivity contribution in [3.05, 3.63) is 33.6 Å². The van der Waals surface area contributed by atoms with Crippen LogP contribution in [0.3, 0.4) is 0 Å². The van der Waals surface area contributed by atoms with E-state index in [1.165, 1.54) is 7.11 Å². The molecule has 1 heterocycles. The fourth-order valence-electron chi connectivity index (χ4n) is 2.95. The van der Waals surface area contributed by atoms with Crippen molar-refractivity contribution in [1.29, 1.82) is 0 Å². The van der Waals surface area contributed by atoms with Crippen LogP contribution in [0.5, 0.6) is 5.75 Å². The zero-order valence-corrected chi connectivity index (χ0v) is 22.2. The highest BCUT2D eigenvalue weighted by molar-refractivity contribution is 9.10. The number of ether oxygens (including phenoxy) is 3. The first kappa shape index (κ1) is 26.6. The molecule has 2 N–H and O–H groups in total. The number of carbonyl (C=O) groups excluding carboxylic acids is 2. The van der Waals surface area contributed by atoms with E-state index in [0.29, 0.717) is 5.56 Å². The molecule has 0 saturated carbocycles. The summed E-state index contributed by atoms with van der Waals surface area (Å²) in [5, 5.41) is 0. The predicted octanol–water partition coefficient (Wildman–Crippen LogP) is 5.53. The van der Waals surface area contributed by atoms with Gasteiger partial charge in [-0.1, -0.05) is 13.8 Å². The van der Waals surface area contributed by atoms with Gasteiger partial charge in [0.1, 0.15) is 32.8 Å². The smallest absolute Gasteiger partial charge is 0.359 e. The number of carbonyl (C=O) groups is 2. The summed E-state index contributed by atoms with van der Waals surface area (Å²) >= 11 is 3.29. The molecule has 0 atom stereocenters. The number of hydrogen-bond donors (Lipinski definition) is 1. The van der Waals surface area contributed by atoms with E-state index >= 15 is 0 Å². The Labute approximate surface area is 203 Å². The van der Waals surface area contributed by atoms with Gasteiger partial charge in [0.2, 0.25) is 0 Å². The summed E-state index contributed by atoms with van der Waals surface area (Å²) < 4.78 is 17.0. The maximum absolute atomic E-state index is 13.1. The number of methoxy groups -OCH3 is 1. The predicted molar refractivity (Wildman–Crippen MR) is 131 cm³/mol. The van der Waals surface area contributed by atoms with Crippen LogP contribution in [0.25, 0.3) is 11.3 Å². The fraction of sp³-hybridized carbons (Fsp3) is 0.500. The van der Waals surface area contributed by atoms with Gasteiger partial charge < -0.3 is 19.9 Å². The van der Waals surface area contributed by atoms with Crippen LogP contribution < -0.4 is 10.5 Å². The second-order valence-electron chi connectivity index (χ2n) is 9.90. The standard InChI is InChI=1S/C24H32BrN3O5/c1-12(2)13-10-14(18(31-9)15(11-13)21(29)32-23(3,4)5)16-17(22(30)33-24(6,7)8)28-20(26)19(25)27-16/h10-12H,1-9H3,(H2,26,28). The number of nitrogens with two attached hydrogens (primary N) is 1. The normalized spacial score (nSPS) is 12.0. The molecule has 8 nitrogen and oxygen atoms in total. The third-order valence-corrected chi connectivity index (χ3v) is 4.91. The van der Waals surface area contributed by atoms with E-state index < -0.39 is 23.1 Å². The summed E-state index contributed by atoms with van der Waals surface area (Å²) in [6, 6.07) is 3.55. The molecule has 180 valence electrons. The Balaban J connectivity index is 2.87. The summed E-state index contributed by atoms with van der Waals surface area (Å²) in [4.78, 5) is 34.8. The molecule has 0 spiro atoms. The second-order valence-corrected chi connectivity index (χ2v) is 10.7. The quantitative estimate of drug-likeness (QED) is 0.510. The highest BCUT2D eigenvalue weighted by atomic mass is 79.9. The van der Waals surface area contributed by atoms with Crippen molar-refractivity contribution in [3.63, 3.8) is 0 Å². The van der Waals surface area contributed by atoms with Gasteiger partial charge in [0.05, 0.1) is 7.11 Å². The zero-order valence-electron chi connectivity index (χ0n) is 20.6. The third kappa shape index (κ3) is 6.66. The van der Waals surface area contributed by atoms with Gasteiger partial charge >= 0.3 is 11.9 Å². The summed E-state index contributed by atoms with van der Waals surface area (Å²) in [6.45, 7) is 14.6. The topological polar surface area (TPSA) is 114 Å². The number of halogens is 1. The average molecular weight is 522 g/mol. The van der Waals surface area contributed by atoms with Crippen molar-refractivity contribution < 1.29 is 23.8 Å². The number of esters is 2. The minimum Gasteiger partial charge on any atom is -0.495 e. The van der Waals surface area contributed by atoms with Gasteiger partial charge in [0.25, 0.3) is 0 Å². The molecule has 0 fully saturated rings. The molecule has 1 aromatic heterocycles. The van der Waals surface area contributed by atoms with E-state index in [-0.39, 0.29) is 39.0 Å². The maximum Gasteiger partial charge on any atom is 0.359 e. The lowest BCUT2D eigenvalue weighted by atomic mass is 9.94. The summed E-state index contributed by atoms with van der Waals surface area (Å²) in [6.07, 6.45) is 0. The Bertz CT molecular complexity index is 1070. The molecule has 2 aromatic rings. The third-order valence-electron chi connectivity index (χ3n) is 4.33. The Kier molecular flexibility index (Phi) is 7.78. The van der Waals surface area contributed by atoms with Crippen molar-refractivity contribution in [2.45, 2.75) is 72.5 Å². The zero-order chi connectivity index (χ0) is 25.3. The number of anilines is 1. The van der Waals surface area contributed by atoms with Crippen LogP contribution >= 0.6 is 15.9 Å². The van der Waals surface area contributed by atoms with Gasteiger partial charge in [-0.2, -0.15) is 0 Å². The molecule has 0 aliphatic rings. The Morgan fingerprint density at radius 2 is 1.52 bits per heavy atom. The van der Waals surface area contributed by atoms with Crippen molar-refractivity contribution in [1.82, 2.24) is 9.97 Å². The lowest BCUT2D eigenvalue weighted by Gasteiger charge is -2.23. The maximum atomic E-state index is 13.1. The Hall–Kier alpha value is -2.68. The Morgan fingerprint density at radius 1 is 0.970 bits per heavy atom. The number of aromatic nitrogens is 2. The average Bonchev–Trinajstić information content (AvgIpc) is 2.65. The van der Waals surface area contributed by atoms with Crippen LogP contribution in [-0.4, -0.2) is 40.2 Å². The largest absolute Gasteiger partial charge is 0.495 e. The van der Waals surface area contributed by atoms with Crippen LogP contribution in [0.2, 0.25) is 0 Å². The molecule has 1 aromatic carbocycles. The van der Waals surface area contributed by atoms with Gasteiger partial charge in [-0.25, -0.2) is 19.6 Å². The van der Waals surface area contributed by atoms with Crippen molar-refractivity contribution >= 4 is 33.7 Å². The molecule has 2 rings (SSSR count). The van der Waals surface area contributed by atoms with Crippen molar-refractivity contribution in [3.8, 4) is 17.0 Å². The summed E-state index contributed by atoms with van der Waals surface area (Å²) in [5.41, 5.74) is 6.01. The molecular formula is C24H32BrN3O5. The number of benzene rings is 1. The van der Waals surface area contributed by atoms with Gasteiger partial charge in [-0.15, -0.1) is 0 Å². The minimum atomic E-state index is -0.761. The van der Waals surface area contributed by atoms with E-state index in [2.05, 4.69) is 25.9 Å². The molecule has 0 aliphatic carbocycles. The SMILES string of the molecule is COc1c(C(=O)OC(C)(C)C)cc(C(C)C)cc1-c1nc(Br)c(N)nc1C(=O)OC(C)(C)C. The molecule has 0 radical (unpaired) electrons. The van der Waals surface area contributed by atoms with E-state index in [1.807, 2.05) is 19.9 Å². The number of rotatable bonds is 5. The molecule has 9 heteroatoms. The van der Waals surface area contributed by atoms with Gasteiger partial charge in [0.15, 0.2) is 11.5 Å².